The molecular weight excluding hydrogens is 337 g/mol. The number of halogens is 1. The first-order chi connectivity index (χ1) is 12.2. The molecule has 25 heavy (non-hydrogen) atoms. The highest BCUT2D eigenvalue weighted by atomic mass is 32.2. The predicted octanol–water partition coefficient (Wildman–Crippen LogP) is 4.68. The monoisotopic (exact) mass is 355 g/mol. The number of nitrogens with one attached hydrogen (secondary N) is 1. The molecule has 3 nitrogen and oxygen atoms in total. The first-order valence-electron chi connectivity index (χ1n) is 8.00. The van der Waals surface area contributed by atoms with E-state index < -0.39 is 0 Å². The van der Waals surface area contributed by atoms with E-state index in [1.54, 1.807) is 30.0 Å². The molecule has 1 N–H and O–H groups in total. The molecule has 0 fully saturated rings. The lowest BCUT2D eigenvalue weighted by atomic mass is 10.1. The summed E-state index contributed by atoms with van der Waals surface area (Å²) in [6, 6.07) is 18.4. The maximum atomic E-state index is 13.6. The predicted molar refractivity (Wildman–Crippen MR) is 97.1 cm³/mol. The molecule has 0 aliphatic rings. The van der Waals surface area contributed by atoms with Crippen molar-refractivity contribution in [1.29, 1.82) is 0 Å². The summed E-state index contributed by atoms with van der Waals surface area (Å²) >= 11 is 1.64. The molecule has 3 rings (SSSR count). The fourth-order valence-electron chi connectivity index (χ4n) is 2.42. The Bertz CT molecular complexity index is 832. The number of thioether (sulfide) groups is 1. The minimum Gasteiger partial charge on any atom is -0.459 e. The van der Waals surface area contributed by atoms with Crippen LogP contribution in [0.4, 0.5) is 4.39 Å². The summed E-state index contributed by atoms with van der Waals surface area (Å²) in [6.07, 6.45) is 1.96. The van der Waals surface area contributed by atoms with E-state index >= 15 is 0 Å². The van der Waals surface area contributed by atoms with Crippen molar-refractivity contribution in [2.24, 2.45) is 0 Å². The van der Waals surface area contributed by atoms with Crippen LogP contribution in [0.25, 0.3) is 0 Å². The molecule has 0 radical (unpaired) electrons. The molecule has 128 valence electrons. The second-order valence-corrected chi connectivity index (χ2v) is 6.52. The van der Waals surface area contributed by atoms with E-state index in [0.29, 0.717) is 30.0 Å². The van der Waals surface area contributed by atoms with E-state index in [1.165, 1.54) is 12.3 Å². The molecule has 5 heteroatoms. The Labute approximate surface area is 150 Å². The molecule has 0 spiro atoms. The van der Waals surface area contributed by atoms with Gasteiger partial charge in [0.25, 0.3) is 5.91 Å². The van der Waals surface area contributed by atoms with Gasteiger partial charge in [-0.25, -0.2) is 4.39 Å². The second kappa shape index (κ2) is 8.53. The second-order valence-electron chi connectivity index (χ2n) is 5.47. The van der Waals surface area contributed by atoms with Crippen molar-refractivity contribution in [2.75, 3.05) is 6.54 Å². The van der Waals surface area contributed by atoms with E-state index in [-0.39, 0.29) is 11.7 Å². The van der Waals surface area contributed by atoms with Crippen molar-refractivity contribution in [2.45, 2.75) is 17.1 Å². The third-order valence-electron chi connectivity index (χ3n) is 3.73. The lowest BCUT2D eigenvalue weighted by molar-refractivity contribution is 0.0925. The van der Waals surface area contributed by atoms with E-state index in [9.17, 15) is 9.18 Å². The highest BCUT2D eigenvalue weighted by molar-refractivity contribution is 7.98. The summed E-state index contributed by atoms with van der Waals surface area (Å²) in [6.45, 7) is 0.353. The average Bonchev–Trinajstić information content (AvgIpc) is 3.11. The number of hydrogen-bond donors (Lipinski definition) is 1. The number of amides is 1. The highest BCUT2D eigenvalue weighted by Crippen LogP contribution is 2.24. The average molecular weight is 355 g/mol. The molecule has 0 saturated heterocycles. The Morgan fingerprint density at radius 2 is 1.76 bits per heavy atom. The summed E-state index contributed by atoms with van der Waals surface area (Å²) < 4.78 is 18.9. The van der Waals surface area contributed by atoms with Crippen molar-refractivity contribution < 1.29 is 13.6 Å². The fourth-order valence-corrected chi connectivity index (χ4v) is 3.32. The van der Waals surface area contributed by atoms with Gasteiger partial charge in [-0.3, -0.25) is 4.79 Å². The van der Waals surface area contributed by atoms with E-state index in [4.69, 9.17) is 4.42 Å². The molecule has 0 unspecified atom stereocenters. The van der Waals surface area contributed by atoms with E-state index in [0.717, 1.165) is 10.5 Å². The van der Waals surface area contributed by atoms with Crippen LogP contribution < -0.4 is 5.32 Å². The molecule has 3 aromatic rings. The zero-order valence-electron chi connectivity index (χ0n) is 13.6. The van der Waals surface area contributed by atoms with Crippen LogP contribution in [0.2, 0.25) is 0 Å². The normalized spacial score (nSPS) is 10.6. The number of carbonyl (C=O) groups excluding carboxylic acids is 1. The maximum absolute atomic E-state index is 13.6. The van der Waals surface area contributed by atoms with Gasteiger partial charge in [-0.05, 0) is 36.2 Å². The van der Waals surface area contributed by atoms with Crippen molar-refractivity contribution in [3.8, 4) is 0 Å². The Kier molecular flexibility index (Phi) is 5.90. The summed E-state index contributed by atoms with van der Waals surface area (Å²) in [7, 11) is 0. The van der Waals surface area contributed by atoms with Gasteiger partial charge in [0.1, 0.15) is 5.82 Å². The molecule has 1 amide bonds. The Hall–Kier alpha value is -2.53. The van der Waals surface area contributed by atoms with Gasteiger partial charge >= 0.3 is 0 Å². The number of benzene rings is 2. The molecule has 0 aliphatic heterocycles. The Morgan fingerprint density at radius 3 is 2.56 bits per heavy atom. The number of rotatable bonds is 7. The summed E-state index contributed by atoms with van der Waals surface area (Å²) in [5.74, 6) is 0.438. The first kappa shape index (κ1) is 17.3. The smallest absolute Gasteiger partial charge is 0.287 e. The first-order valence-corrected chi connectivity index (χ1v) is 8.98. The van der Waals surface area contributed by atoms with Gasteiger partial charge in [-0.2, -0.15) is 0 Å². The van der Waals surface area contributed by atoms with Crippen LogP contribution in [0.15, 0.2) is 76.2 Å². The number of carbonyl (C=O) groups is 1. The number of furan rings is 1. The van der Waals surface area contributed by atoms with Crippen molar-refractivity contribution >= 4 is 17.7 Å². The van der Waals surface area contributed by atoms with E-state index in [1.807, 2.05) is 36.4 Å². The lowest BCUT2D eigenvalue weighted by Gasteiger charge is -2.06. The minimum absolute atomic E-state index is 0.255. The zero-order valence-corrected chi connectivity index (χ0v) is 14.4. The van der Waals surface area contributed by atoms with Gasteiger partial charge in [0.05, 0.1) is 6.26 Å². The Morgan fingerprint density at radius 1 is 1.00 bits per heavy atom. The quantitative estimate of drug-likeness (QED) is 0.626. The van der Waals surface area contributed by atoms with Crippen molar-refractivity contribution in [3.63, 3.8) is 0 Å². The van der Waals surface area contributed by atoms with Crippen LogP contribution in [0.5, 0.6) is 0 Å². The topological polar surface area (TPSA) is 42.2 Å². The maximum Gasteiger partial charge on any atom is 0.287 e. The van der Waals surface area contributed by atoms with Gasteiger partial charge < -0.3 is 9.73 Å². The minimum atomic E-state index is -0.273. The van der Waals surface area contributed by atoms with Crippen LogP contribution >= 0.6 is 11.8 Å². The molecule has 1 aromatic heterocycles. The number of hydrogen-bond acceptors (Lipinski definition) is 3. The van der Waals surface area contributed by atoms with E-state index in [2.05, 4.69) is 5.32 Å². The van der Waals surface area contributed by atoms with Crippen LogP contribution in [-0.4, -0.2) is 12.5 Å². The third kappa shape index (κ3) is 4.73. The van der Waals surface area contributed by atoms with Crippen LogP contribution in [-0.2, 0) is 12.2 Å². The van der Waals surface area contributed by atoms with Crippen LogP contribution in [0.3, 0.4) is 0 Å². The Balaban J connectivity index is 1.54. The molecule has 2 aromatic carbocycles. The molecule has 0 aliphatic carbocycles. The van der Waals surface area contributed by atoms with Gasteiger partial charge in [-0.1, -0.05) is 36.4 Å². The van der Waals surface area contributed by atoms with Crippen molar-refractivity contribution in [1.82, 2.24) is 5.32 Å². The highest BCUT2D eigenvalue weighted by Gasteiger charge is 2.15. The molecule has 0 atom stereocenters. The van der Waals surface area contributed by atoms with Crippen LogP contribution in [0.1, 0.15) is 21.7 Å². The molecule has 1 heterocycles. The van der Waals surface area contributed by atoms with Gasteiger partial charge in [-0.15, -0.1) is 11.8 Å². The molecular formula is C20H18FNO2S. The van der Waals surface area contributed by atoms with Gasteiger partial charge in [0, 0.05) is 22.8 Å². The van der Waals surface area contributed by atoms with Gasteiger partial charge in [0.2, 0.25) is 0 Å². The zero-order chi connectivity index (χ0) is 17.5. The standard InChI is InChI=1S/C20H18FNO2S/c21-18-9-5-4-6-15(18)10-12-22-20(23)19-16(11-13-24-19)14-25-17-7-2-1-3-8-17/h1-9,11,13H,10,12,14H2,(H,22,23). The largest absolute Gasteiger partial charge is 0.459 e. The van der Waals surface area contributed by atoms with Gasteiger partial charge in [0.15, 0.2) is 5.76 Å². The van der Waals surface area contributed by atoms with Crippen molar-refractivity contribution in [3.05, 3.63) is 89.6 Å². The summed E-state index contributed by atoms with van der Waals surface area (Å²) in [5.41, 5.74) is 1.43. The summed E-state index contributed by atoms with van der Waals surface area (Å²) in [5, 5.41) is 2.79. The fraction of sp³-hybridized carbons (Fsp3) is 0.150. The third-order valence-corrected chi connectivity index (χ3v) is 4.79. The summed E-state index contributed by atoms with van der Waals surface area (Å²) in [4.78, 5) is 13.4. The SMILES string of the molecule is O=C(NCCc1ccccc1F)c1occc1CSc1ccccc1. The van der Waals surface area contributed by atoms with Crippen LogP contribution in [0, 0.1) is 5.82 Å². The lowest BCUT2D eigenvalue weighted by Crippen LogP contribution is -2.26. The molecule has 0 bridgehead atoms. The molecule has 0 saturated carbocycles.